The first-order chi connectivity index (χ1) is 11.5. The van der Waals surface area contributed by atoms with Crippen molar-refractivity contribution >= 4 is 39.3 Å². The molecule has 0 fully saturated rings. The summed E-state index contributed by atoms with van der Waals surface area (Å²) < 4.78 is 6.51. The minimum absolute atomic E-state index is 0.185. The normalized spacial score (nSPS) is 10.7. The highest BCUT2D eigenvalue weighted by Crippen LogP contribution is 2.24. The summed E-state index contributed by atoms with van der Waals surface area (Å²) in [5.74, 6) is 0.565. The third-order valence-corrected chi connectivity index (χ3v) is 3.83. The number of rotatable bonds is 6. The average Bonchev–Trinajstić information content (AvgIpc) is 2.55. The zero-order chi connectivity index (χ0) is 17.5. The molecule has 2 rings (SSSR count). The molecule has 0 bridgehead atoms. The Labute approximate surface area is 151 Å². The SMILES string of the molecule is CCOc1ccc(Br)cc1C=CC(=O)Nc1ccc(N(C)C)cc1. The van der Waals surface area contributed by atoms with Gasteiger partial charge in [0.1, 0.15) is 5.75 Å². The number of carbonyl (C=O) groups excluding carboxylic acids is 1. The van der Waals surface area contributed by atoms with Crippen molar-refractivity contribution in [2.45, 2.75) is 6.92 Å². The largest absolute Gasteiger partial charge is 0.493 e. The van der Waals surface area contributed by atoms with E-state index in [4.69, 9.17) is 4.74 Å². The average molecular weight is 389 g/mol. The van der Waals surface area contributed by atoms with Crippen LogP contribution in [0, 0.1) is 0 Å². The first-order valence-corrected chi connectivity index (χ1v) is 8.47. The highest BCUT2D eigenvalue weighted by atomic mass is 79.9. The number of nitrogens with one attached hydrogen (secondary N) is 1. The lowest BCUT2D eigenvalue weighted by Gasteiger charge is -2.12. The van der Waals surface area contributed by atoms with E-state index in [0.29, 0.717) is 6.61 Å². The van der Waals surface area contributed by atoms with Crippen LogP contribution in [0.4, 0.5) is 11.4 Å². The summed E-state index contributed by atoms with van der Waals surface area (Å²) in [7, 11) is 3.95. The Bertz CT molecular complexity index is 725. The van der Waals surface area contributed by atoms with E-state index in [1.807, 2.05) is 68.4 Å². The summed E-state index contributed by atoms with van der Waals surface area (Å²) in [6, 6.07) is 13.4. The van der Waals surface area contributed by atoms with Crippen LogP contribution in [-0.4, -0.2) is 26.6 Å². The predicted octanol–water partition coefficient (Wildman–Crippen LogP) is 4.57. The highest BCUT2D eigenvalue weighted by Gasteiger charge is 2.03. The van der Waals surface area contributed by atoms with Crippen molar-refractivity contribution in [1.82, 2.24) is 0 Å². The summed E-state index contributed by atoms with van der Waals surface area (Å²) in [5.41, 5.74) is 2.69. The zero-order valence-corrected chi connectivity index (χ0v) is 15.6. The number of halogens is 1. The number of amides is 1. The van der Waals surface area contributed by atoms with Crippen LogP contribution in [0.15, 0.2) is 53.0 Å². The number of hydrogen-bond donors (Lipinski definition) is 1. The van der Waals surface area contributed by atoms with E-state index in [0.717, 1.165) is 27.2 Å². The second-order valence-electron chi connectivity index (χ2n) is 5.38. The van der Waals surface area contributed by atoms with E-state index in [1.54, 1.807) is 6.08 Å². The van der Waals surface area contributed by atoms with E-state index in [1.165, 1.54) is 6.08 Å². The first-order valence-electron chi connectivity index (χ1n) is 7.68. The lowest BCUT2D eigenvalue weighted by Crippen LogP contribution is -2.10. The Hall–Kier alpha value is -2.27. The third kappa shape index (κ3) is 5.13. The number of ether oxygens (including phenoxy) is 1. The van der Waals surface area contributed by atoms with Gasteiger partial charge in [0, 0.05) is 41.6 Å². The van der Waals surface area contributed by atoms with Gasteiger partial charge in [-0.2, -0.15) is 0 Å². The van der Waals surface area contributed by atoms with Crippen LogP contribution in [0.1, 0.15) is 12.5 Å². The molecule has 1 N–H and O–H groups in total. The third-order valence-electron chi connectivity index (χ3n) is 3.34. The monoisotopic (exact) mass is 388 g/mol. The Morgan fingerprint density at radius 1 is 1.21 bits per heavy atom. The molecular weight excluding hydrogens is 368 g/mol. The van der Waals surface area contributed by atoms with Gasteiger partial charge in [-0.15, -0.1) is 0 Å². The molecule has 0 unspecified atom stereocenters. The van der Waals surface area contributed by atoms with Crippen molar-refractivity contribution in [1.29, 1.82) is 0 Å². The summed E-state index contributed by atoms with van der Waals surface area (Å²) >= 11 is 3.43. The maximum absolute atomic E-state index is 12.1. The fourth-order valence-corrected chi connectivity index (χ4v) is 2.51. The van der Waals surface area contributed by atoms with Gasteiger partial charge >= 0.3 is 0 Å². The minimum atomic E-state index is -0.185. The zero-order valence-electron chi connectivity index (χ0n) is 14.0. The molecule has 0 aliphatic rings. The minimum Gasteiger partial charge on any atom is -0.493 e. The summed E-state index contributed by atoms with van der Waals surface area (Å²) in [6.45, 7) is 2.51. The van der Waals surface area contributed by atoms with Gasteiger partial charge in [0.05, 0.1) is 6.61 Å². The Morgan fingerprint density at radius 3 is 2.54 bits per heavy atom. The second-order valence-corrected chi connectivity index (χ2v) is 6.29. The van der Waals surface area contributed by atoms with Gasteiger partial charge in [-0.1, -0.05) is 15.9 Å². The standard InChI is InChI=1S/C19H21BrN2O2/c1-4-24-18-11-6-15(20)13-14(18)5-12-19(23)21-16-7-9-17(10-8-16)22(2)3/h5-13H,4H2,1-3H3,(H,21,23). The number of benzene rings is 2. The van der Waals surface area contributed by atoms with Gasteiger partial charge in [0.2, 0.25) is 5.91 Å². The van der Waals surface area contributed by atoms with Gasteiger partial charge in [-0.05, 0) is 55.5 Å². The predicted molar refractivity (Wildman–Crippen MR) is 104 cm³/mol. The Kier molecular flexibility index (Phi) is 6.44. The van der Waals surface area contributed by atoms with Crippen LogP contribution in [0.25, 0.3) is 6.08 Å². The number of hydrogen-bond acceptors (Lipinski definition) is 3. The van der Waals surface area contributed by atoms with Gasteiger partial charge in [-0.3, -0.25) is 4.79 Å². The van der Waals surface area contributed by atoms with Crippen molar-refractivity contribution in [3.8, 4) is 5.75 Å². The molecule has 0 aliphatic carbocycles. The lowest BCUT2D eigenvalue weighted by atomic mass is 10.2. The summed E-state index contributed by atoms with van der Waals surface area (Å²) in [4.78, 5) is 14.1. The second kappa shape index (κ2) is 8.55. The quantitative estimate of drug-likeness (QED) is 0.737. The fourth-order valence-electron chi connectivity index (χ4n) is 2.13. The molecule has 0 spiro atoms. The number of anilines is 2. The van der Waals surface area contributed by atoms with Crippen LogP contribution >= 0.6 is 15.9 Å². The number of nitrogens with zero attached hydrogens (tertiary/aromatic N) is 1. The van der Waals surface area contributed by atoms with Crippen LogP contribution in [0.3, 0.4) is 0 Å². The molecule has 0 radical (unpaired) electrons. The lowest BCUT2D eigenvalue weighted by molar-refractivity contribution is -0.111. The van der Waals surface area contributed by atoms with Gasteiger partial charge in [-0.25, -0.2) is 0 Å². The van der Waals surface area contributed by atoms with Crippen LogP contribution in [-0.2, 0) is 4.79 Å². The Morgan fingerprint density at radius 2 is 1.92 bits per heavy atom. The molecule has 5 heteroatoms. The first kappa shape index (κ1) is 18.1. The van der Waals surface area contributed by atoms with Crippen LogP contribution < -0.4 is 15.0 Å². The highest BCUT2D eigenvalue weighted by molar-refractivity contribution is 9.10. The van der Waals surface area contributed by atoms with E-state index < -0.39 is 0 Å². The molecule has 1 amide bonds. The van der Waals surface area contributed by atoms with Crippen molar-refractivity contribution in [3.63, 3.8) is 0 Å². The number of carbonyl (C=O) groups is 1. The summed E-state index contributed by atoms with van der Waals surface area (Å²) in [5, 5.41) is 2.85. The summed E-state index contributed by atoms with van der Waals surface area (Å²) in [6.07, 6.45) is 3.25. The maximum atomic E-state index is 12.1. The molecule has 2 aromatic carbocycles. The molecule has 4 nitrogen and oxygen atoms in total. The van der Waals surface area contributed by atoms with Gasteiger partial charge in [0.25, 0.3) is 0 Å². The van der Waals surface area contributed by atoms with E-state index in [-0.39, 0.29) is 5.91 Å². The maximum Gasteiger partial charge on any atom is 0.248 e. The van der Waals surface area contributed by atoms with Gasteiger partial charge < -0.3 is 15.0 Å². The molecule has 126 valence electrons. The van der Waals surface area contributed by atoms with E-state index in [2.05, 4.69) is 21.2 Å². The molecule has 2 aromatic rings. The van der Waals surface area contributed by atoms with Crippen molar-refractivity contribution in [2.24, 2.45) is 0 Å². The smallest absolute Gasteiger partial charge is 0.248 e. The molecule has 0 heterocycles. The molecule has 0 aliphatic heterocycles. The molecule has 0 atom stereocenters. The van der Waals surface area contributed by atoms with Crippen molar-refractivity contribution in [3.05, 3.63) is 58.6 Å². The van der Waals surface area contributed by atoms with E-state index in [9.17, 15) is 4.79 Å². The van der Waals surface area contributed by atoms with Crippen molar-refractivity contribution in [2.75, 3.05) is 30.9 Å². The Balaban J connectivity index is 2.06. The topological polar surface area (TPSA) is 41.6 Å². The van der Waals surface area contributed by atoms with Crippen LogP contribution in [0.5, 0.6) is 5.75 Å². The molecule has 0 saturated carbocycles. The fraction of sp³-hybridized carbons (Fsp3) is 0.211. The van der Waals surface area contributed by atoms with E-state index >= 15 is 0 Å². The van der Waals surface area contributed by atoms with Crippen LogP contribution in [0.2, 0.25) is 0 Å². The van der Waals surface area contributed by atoms with Crippen molar-refractivity contribution < 1.29 is 9.53 Å². The molecular formula is C19H21BrN2O2. The molecule has 0 aromatic heterocycles. The molecule has 24 heavy (non-hydrogen) atoms. The molecule has 0 saturated heterocycles. The van der Waals surface area contributed by atoms with Gasteiger partial charge in [0.15, 0.2) is 0 Å².